The highest BCUT2D eigenvalue weighted by atomic mass is 19.1. The van der Waals surface area contributed by atoms with Crippen LogP contribution in [0.4, 0.5) is 8.78 Å². The van der Waals surface area contributed by atoms with E-state index in [1.807, 2.05) is 30.6 Å². The lowest BCUT2D eigenvalue weighted by Crippen LogP contribution is -2.30. The van der Waals surface area contributed by atoms with Gasteiger partial charge < -0.3 is 9.47 Å². The van der Waals surface area contributed by atoms with Gasteiger partial charge in [-0.15, -0.1) is 0 Å². The van der Waals surface area contributed by atoms with E-state index in [0.717, 1.165) is 23.5 Å². The molecule has 4 rings (SSSR count). The minimum Gasteiger partial charge on any atom is -0.340 e. The van der Waals surface area contributed by atoms with Crippen molar-refractivity contribution in [3.63, 3.8) is 0 Å². The molecule has 1 aromatic heterocycles. The fourth-order valence-corrected chi connectivity index (χ4v) is 3.40. The number of carbonyl (C=O) groups excluding carboxylic acids is 1. The number of nitrogens with zero attached hydrogens (tertiary/aromatic N) is 3. The second-order valence-corrected chi connectivity index (χ2v) is 6.34. The van der Waals surface area contributed by atoms with Gasteiger partial charge >= 0.3 is 0 Å². The molecular formula is C19H17F2N3O. The fraction of sp³-hybridized carbons (Fsp3) is 0.263. The number of halogens is 2. The average Bonchev–Trinajstić information content (AvgIpc) is 3.23. The molecule has 1 aliphatic rings. The van der Waals surface area contributed by atoms with Crippen molar-refractivity contribution >= 4 is 16.9 Å². The summed E-state index contributed by atoms with van der Waals surface area (Å²) in [6.07, 6.45) is 2.59. The van der Waals surface area contributed by atoms with Crippen molar-refractivity contribution in [1.82, 2.24) is 14.5 Å². The third kappa shape index (κ3) is 2.99. The number of rotatable bonds is 3. The van der Waals surface area contributed by atoms with Gasteiger partial charge in [0.15, 0.2) is 0 Å². The Morgan fingerprint density at radius 3 is 2.88 bits per heavy atom. The number of fused-ring (bicyclic) bond motifs is 1. The highest BCUT2D eigenvalue weighted by Crippen LogP contribution is 2.26. The van der Waals surface area contributed by atoms with Gasteiger partial charge in [-0.05, 0) is 30.2 Å². The lowest BCUT2D eigenvalue weighted by atomic mass is 10.1. The molecule has 3 aromatic rings. The standard InChI is InChI=1S/C19H17F2N3O/c20-14-6-5-13(16(21)10-14)9-19(25)23-8-7-15(11-23)24-12-22-17-3-1-2-4-18(17)24/h1-6,10,12,15H,7-9,11H2. The van der Waals surface area contributed by atoms with Crippen molar-refractivity contribution in [3.8, 4) is 0 Å². The summed E-state index contributed by atoms with van der Waals surface area (Å²) < 4.78 is 28.8. The highest BCUT2D eigenvalue weighted by Gasteiger charge is 2.28. The minimum absolute atomic E-state index is 0.0521. The lowest BCUT2D eigenvalue weighted by Gasteiger charge is -2.18. The monoisotopic (exact) mass is 341 g/mol. The first-order chi connectivity index (χ1) is 12.1. The third-order valence-electron chi connectivity index (χ3n) is 4.75. The van der Waals surface area contributed by atoms with E-state index in [9.17, 15) is 13.6 Å². The van der Waals surface area contributed by atoms with Crippen LogP contribution < -0.4 is 0 Å². The van der Waals surface area contributed by atoms with Crippen LogP contribution in [0.15, 0.2) is 48.8 Å². The molecule has 1 unspecified atom stereocenters. The summed E-state index contributed by atoms with van der Waals surface area (Å²) in [5, 5.41) is 0. The molecule has 1 saturated heterocycles. The average molecular weight is 341 g/mol. The number of imidazole rings is 1. The van der Waals surface area contributed by atoms with Crippen molar-refractivity contribution in [2.24, 2.45) is 0 Å². The molecule has 6 heteroatoms. The molecule has 0 N–H and O–H groups in total. The number of likely N-dealkylation sites (tertiary alicyclic amines) is 1. The Labute approximate surface area is 143 Å². The first kappa shape index (κ1) is 15.7. The zero-order chi connectivity index (χ0) is 17.4. The van der Waals surface area contributed by atoms with Crippen molar-refractivity contribution in [2.75, 3.05) is 13.1 Å². The normalized spacial score (nSPS) is 17.4. The summed E-state index contributed by atoms with van der Waals surface area (Å²) in [4.78, 5) is 18.6. The molecule has 2 heterocycles. The van der Waals surface area contributed by atoms with Crippen LogP contribution in [0.5, 0.6) is 0 Å². The van der Waals surface area contributed by atoms with E-state index in [-0.39, 0.29) is 23.9 Å². The largest absolute Gasteiger partial charge is 0.340 e. The van der Waals surface area contributed by atoms with Gasteiger partial charge in [-0.2, -0.15) is 0 Å². The molecule has 0 aliphatic carbocycles. The smallest absolute Gasteiger partial charge is 0.227 e. The zero-order valence-corrected chi connectivity index (χ0v) is 13.5. The van der Waals surface area contributed by atoms with E-state index in [1.165, 1.54) is 12.1 Å². The number of amides is 1. The lowest BCUT2D eigenvalue weighted by molar-refractivity contribution is -0.129. The second-order valence-electron chi connectivity index (χ2n) is 6.34. The SMILES string of the molecule is O=C(Cc1ccc(F)cc1F)N1CCC(n2cnc3ccccc32)C1. The van der Waals surface area contributed by atoms with Gasteiger partial charge in [-0.1, -0.05) is 18.2 Å². The first-order valence-electron chi connectivity index (χ1n) is 8.25. The van der Waals surface area contributed by atoms with Crippen LogP contribution in [0.3, 0.4) is 0 Å². The van der Waals surface area contributed by atoms with E-state index >= 15 is 0 Å². The van der Waals surface area contributed by atoms with Crippen LogP contribution >= 0.6 is 0 Å². The summed E-state index contributed by atoms with van der Waals surface area (Å²) in [7, 11) is 0. The minimum atomic E-state index is -0.676. The fourth-order valence-electron chi connectivity index (χ4n) is 3.40. The van der Waals surface area contributed by atoms with E-state index < -0.39 is 11.6 Å². The Kier molecular flexibility index (Phi) is 3.95. The summed E-state index contributed by atoms with van der Waals surface area (Å²) >= 11 is 0. The molecule has 128 valence electrons. The van der Waals surface area contributed by atoms with E-state index in [2.05, 4.69) is 9.55 Å². The second kappa shape index (κ2) is 6.27. The van der Waals surface area contributed by atoms with Gasteiger partial charge in [0, 0.05) is 19.2 Å². The summed E-state index contributed by atoms with van der Waals surface area (Å²) in [6.45, 7) is 1.20. The number of para-hydroxylation sites is 2. The molecule has 0 saturated carbocycles. The van der Waals surface area contributed by atoms with Gasteiger partial charge in [0.2, 0.25) is 5.91 Å². The molecule has 1 amide bonds. The van der Waals surface area contributed by atoms with Crippen LogP contribution in [-0.4, -0.2) is 33.4 Å². The Morgan fingerprint density at radius 2 is 2.04 bits per heavy atom. The Hall–Kier alpha value is -2.76. The molecular weight excluding hydrogens is 324 g/mol. The third-order valence-corrected chi connectivity index (χ3v) is 4.75. The number of hydrogen-bond donors (Lipinski definition) is 0. The summed E-state index contributed by atoms with van der Waals surface area (Å²) in [5.41, 5.74) is 2.20. The Morgan fingerprint density at radius 1 is 1.20 bits per heavy atom. The van der Waals surface area contributed by atoms with Crippen LogP contribution in [0.1, 0.15) is 18.0 Å². The first-order valence-corrected chi connectivity index (χ1v) is 8.25. The predicted octanol–water partition coefficient (Wildman–Crippen LogP) is 3.33. The molecule has 4 nitrogen and oxygen atoms in total. The Bertz CT molecular complexity index is 937. The van der Waals surface area contributed by atoms with Crippen molar-refractivity contribution in [2.45, 2.75) is 18.9 Å². The van der Waals surface area contributed by atoms with E-state index in [4.69, 9.17) is 0 Å². The molecule has 1 atom stereocenters. The number of hydrogen-bond acceptors (Lipinski definition) is 2. The summed E-state index contributed by atoms with van der Waals surface area (Å²) in [6, 6.07) is 11.4. The zero-order valence-electron chi connectivity index (χ0n) is 13.5. The molecule has 0 radical (unpaired) electrons. The maximum Gasteiger partial charge on any atom is 0.227 e. The Balaban J connectivity index is 1.47. The molecule has 0 spiro atoms. The maximum atomic E-state index is 13.7. The maximum absolute atomic E-state index is 13.7. The molecule has 2 aromatic carbocycles. The van der Waals surface area contributed by atoms with Gasteiger partial charge in [-0.3, -0.25) is 4.79 Å². The van der Waals surface area contributed by atoms with Crippen molar-refractivity contribution in [3.05, 3.63) is 66.0 Å². The van der Waals surface area contributed by atoms with Gasteiger partial charge in [-0.25, -0.2) is 13.8 Å². The van der Waals surface area contributed by atoms with Crippen LogP contribution in [0, 0.1) is 11.6 Å². The van der Waals surface area contributed by atoms with Crippen LogP contribution in [0.2, 0.25) is 0 Å². The number of aromatic nitrogens is 2. The van der Waals surface area contributed by atoms with Gasteiger partial charge in [0.1, 0.15) is 11.6 Å². The number of carbonyl (C=O) groups is 1. The molecule has 1 fully saturated rings. The number of benzene rings is 2. The van der Waals surface area contributed by atoms with Crippen LogP contribution in [-0.2, 0) is 11.2 Å². The van der Waals surface area contributed by atoms with Gasteiger partial charge in [0.25, 0.3) is 0 Å². The highest BCUT2D eigenvalue weighted by molar-refractivity contribution is 5.79. The quantitative estimate of drug-likeness (QED) is 0.733. The van der Waals surface area contributed by atoms with Crippen LogP contribution in [0.25, 0.3) is 11.0 Å². The molecule has 25 heavy (non-hydrogen) atoms. The predicted molar refractivity (Wildman–Crippen MR) is 90.0 cm³/mol. The molecule has 0 bridgehead atoms. The topological polar surface area (TPSA) is 38.1 Å². The summed E-state index contributed by atoms with van der Waals surface area (Å²) in [5.74, 6) is -1.45. The van der Waals surface area contributed by atoms with Gasteiger partial charge in [0.05, 0.1) is 29.8 Å². The van der Waals surface area contributed by atoms with Crippen molar-refractivity contribution in [1.29, 1.82) is 0 Å². The van der Waals surface area contributed by atoms with E-state index in [0.29, 0.717) is 13.1 Å². The van der Waals surface area contributed by atoms with E-state index in [1.54, 1.807) is 4.90 Å². The molecule has 1 aliphatic heterocycles. The van der Waals surface area contributed by atoms with Crippen molar-refractivity contribution < 1.29 is 13.6 Å².